The fraction of sp³-hybridized carbons (Fsp3) is 1.00. The predicted molar refractivity (Wildman–Crippen MR) is 43.8 cm³/mol. The maximum Gasteiger partial charge on any atom is 0.523 e. The van der Waals surface area contributed by atoms with Gasteiger partial charge in [-0.05, 0) is 0 Å². The van der Waals surface area contributed by atoms with Crippen LogP contribution in [0.25, 0.3) is 0 Å². The molecule has 0 bridgehead atoms. The molecule has 0 heterocycles. The first kappa shape index (κ1) is 13.7. The van der Waals surface area contributed by atoms with E-state index in [-0.39, 0.29) is 6.54 Å². The molecule has 14 heavy (non-hydrogen) atoms. The summed E-state index contributed by atoms with van der Waals surface area (Å²) in [4.78, 5) is 0. The molecule has 0 aromatic heterocycles. The van der Waals surface area contributed by atoms with Crippen molar-refractivity contribution < 1.29 is 30.3 Å². The van der Waals surface area contributed by atoms with Gasteiger partial charge in [0.15, 0.2) is 0 Å². The van der Waals surface area contributed by atoms with Crippen LogP contribution in [0.15, 0.2) is 0 Å². The molecule has 4 nitrogen and oxygen atoms in total. The van der Waals surface area contributed by atoms with Crippen LogP contribution < -0.4 is 0 Å². The second-order valence-electron chi connectivity index (χ2n) is 3.74. The Hall–Kier alpha value is -0.340. The van der Waals surface area contributed by atoms with E-state index in [2.05, 4.69) is 4.18 Å². The summed E-state index contributed by atoms with van der Waals surface area (Å²) < 4.78 is 60.1. The second-order valence-corrected chi connectivity index (χ2v) is 5.34. The molecule has 0 rings (SSSR count). The van der Waals surface area contributed by atoms with Gasteiger partial charge in [0.1, 0.15) is 13.2 Å². The van der Waals surface area contributed by atoms with E-state index >= 15 is 0 Å². The largest absolute Gasteiger partial charge is 0.523 e. The van der Waals surface area contributed by atoms with Crippen molar-refractivity contribution in [2.45, 2.75) is 5.51 Å². The van der Waals surface area contributed by atoms with Gasteiger partial charge in [0.05, 0.1) is 21.1 Å². The highest BCUT2D eigenvalue weighted by Crippen LogP contribution is 2.24. The number of hydrogen-bond acceptors (Lipinski definition) is 3. The fourth-order valence-electron chi connectivity index (χ4n) is 0.488. The summed E-state index contributed by atoms with van der Waals surface area (Å²) in [5.74, 6) is 0. The summed E-state index contributed by atoms with van der Waals surface area (Å²) in [5, 5.41) is 0. The molecule has 0 N–H and O–H groups in total. The molecule has 0 fully saturated rings. The normalized spacial score (nSPS) is 14.4. The van der Waals surface area contributed by atoms with Gasteiger partial charge >= 0.3 is 15.6 Å². The molecule has 0 aliphatic rings. The van der Waals surface area contributed by atoms with Gasteiger partial charge in [-0.3, -0.25) is 4.18 Å². The monoisotopic (exact) mass is 236 g/mol. The van der Waals surface area contributed by atoms with Gasteiger partial charge in [0, 0.05) is 0 Å². The number of likely N-dealkylation sites (N-methyl/N-ethyl adjacent to an activating group) is 1. The summed E-state index contributed by atoms with van der Waals surface area (Å²) in [5.41, 5.74) is -5.34. The molecule has 0 spiro atoms. The van der Waals surface area contributed by atoms with Crippen molar-refractivity contribution in [3.05, 3.63) is 0 Å². The van der Waals surface area contributed by atoms with E-state index in [1.165, 1.54) is 0 Å². The quantitative estimate of drug-likeness (QED) is 0.407. The lowest BCUT2D eigenvalue weighted by Crippen LogP contribution is -2.39. The maximum atomic E-state index is 11.7. The van der Waals surface area contributed by atoms with Crippen molar-refractivity contribution in [3.63, 3.8) is 0 Å². The molecule has 0 saturated heterocycles. The molecule has 0 aliphatic heterocycles. The smallest absolute Gasteiger partial charge is 0.329 e. The maximum absolute atomic E-state index is 11.7. The highest BCUT2D eigenvalue weighted by atomic mass is 32.2. The zero-order chi connectivity index (χ0) is 11.6. The lowest BCUT2D eigenvalue weighted by atomic mass is 10.5. The lowest BCUT2D eigenvalue weighted by molar-refractivity contribution is -0.870. The Labute approximate surface area is 81.0 Å². The first-order valence-electron chi connectivity index (χ1n) is 3.72. The van der Waals surface area contributed by atoms with Gasteiger partial charge in [0.25, 0.3) is 0 Å². The molecule has 0 atom stereocenters. The highest BCUT2D eigenvalue weighted by molar-refractivity contribution is 7.87. The summed E-state index contributed by atoms with van der Waals surface area (Å²) in [6.07, 6.45) is 0. The van der Waals surface area contributed by atoms with Crippen molar-refractivity contribution >= 4 is 10.1 Å². The van der Waals surface area contributed by atoms with Crippen LogP contribution in [0.3, 0.4) is 0 Å². The first-order valence-corrected chi connectivity index (χ1v) is 5.13. The Kier molecular flexibility index (Phi) is 3.93. The van der Waals surface area contributed by atoms with Crippen LogP contribution in [-0.4, -0.2) is 52.7 Å². The standard InChI is InChI=1S/C6H13F3NO3S/c1-10(2,3)4-5-13-14(11,12)6(7,8)9/h4-5H2,1-3H3/q+1. The summed E-state index contributed by atoms with van der Waals surface area (Å²) in [6.45, 7) is -0.305. The van der Waals surface area contributed by atoms with Crippen LogP contribution in [0, 0.1) is 0 Å². The molecule has 0 aromatic carbocycles. The molecule has 0 unspecified atom stereocenters. The van der Waals surface area contributed by atoms with Crippen molar-refractivity contribution in [2.24, 2.45) is 0 Å². The van der Waals surface area contributed by atoms with E-state index in [0.717, 1.165) is 0 Å². The molecule has 0 amide bonds. The molecule has 0 saturated carbocycles. The third kappa shape index (κ3) is 4.77. The Balaban J connectivity index is 4.17. The minimum atomic E-state index is -5.43. The zero-order valence-corrected chi connectivity index (χ0v) is 8.94. The predicted octanol–water partition coefficient (Wildman–Crippen LogP) is 0.559. The van der Waals surface area contributed by atoms with Crippen LogP contribution >= 0.6 is 0 Å². The Morgan fingerprint density at radius 3 is 1.93 bits per heavy atom. The first-order chi connectivity index (χ1) is 5.96. The van der Waals surface area contributed by atoms with Crippen LogP contribution in [0.4, 0.5) is 13.2 Å². The van der Waals surface area contributed by atoms with E-state index in [0.29, 0.717) is 4.48 Å². The number of quaternary nitrogens is 1. The lowest BCUT2D eigenvalue weighted by Gasteiger charge is -2.23. The number of halogens is 3. The Bertz CT molecular complexity index is 278. The van der Waals surface area contributed by atoms with Gasteiger partial charge in [0.2, 0.25) is 0 Å². The molecule has 0 aliphatic carbocycles. The van der Waals surface area contributed by atoms with Gasteiger partial charge < -0.3 is 4.48 Å². The third-order valence-electron chi connectivity index (χ3n) is 1.28. The average Bonchev–Trinajstić information content (AvgIpc) is 1.80. The average molecular weight is 236 g/mol. The van der Waals surface area contributed by atoms with Crippen LogP contribution in [0.2, 0.25) is 0 Å². The van der Waals surface area contributed by atoms with E-state index in [1.54, 1.807) is 21.1 Å². The van der Waals surface area contributed by atoms with E-state index in [4.69, 9.17) is 0 Å². The van der Waals surface area contributed by atoms with Gasteiger partial charge in [-0.1, -0.05) is 0 Å². The topological polar surface area (TPSA) is 43.4 Å². The van der Waals surface area contributed by atoms with Crippen molar-refractivity contribution in [3.8, 4) is 0 Å². The molecule has 0 radical (unpaired) electrons. The van der Waals surface area contributed by atoms with Crippen LogP contribution in [0.1, 0.15) is 0 Å². The van der Waals surface area contributed by atoms with E-state index < -0.39 is 22.2 Å². The van der Waals surface area contributed by atoms with Gasteiger partial charge in [-0.2, -0.15) is 21.6 Å². The second kappa shape index (κ2) is 4.03. The van der Waals surface area contributed by atoms with E-state index in [1.807, 2.05) is 0 Å². The van der Waals surface area contributed by atoms with Gasteiger partial charge in [-0.25, -0.2) is 0 Å². The molecular formula is C6H13F3NO3S+. The Morgan fingerprint density at radius 1 is 1.21 bits per heavy atom. The molecule has 8 heteroatoms. The highest BCUT2D eigenvalue weighted by Gasteiger charge is 2.47. The number of nitrogens with zero attached hydrogens (tertiary/aromatic N) is 1. The van der Waals surface area contributed by atoms with Crippen molar-refractivity contribution in [1.82, 2.24) is 0 Å². The molecular weight excluding hydrogens is 223 g/mol. The summed E-state index contributed by atoms with van der Waals surface area (Å²) >= 11 is 0. The number of alkyl halides is 3. The minimum Gasteiger partial charge on any atom is -0.329 e. The zero-order valence-electron chi connectivity index (χ0n) is 8.13. The van der Waals surface area contributed by atoms with Crippen LogP contribution in [-0.2, 0) is 14.3 Å². The SMILES string of the molecule is C[N+](C)(C)CCOS(=O)(=O)C(F)(F)F. The summed E-state index contributed by atoms with van der Waals surface area (Å²) in [6, 6.07) is 0. The summed E-state index contributed by atoms with van der Waals surface area (Å²) in [7, 11) is -0.295. The number of rotatable bonds is 4. The molecule has 0 aromatic rings. The van der Waals surface area contributed by atoms with Crippen molar-refractivity contribution in [2.75, 3.05) is 34.3 Å². The van der Waals surface area contributed by atoms with E-state index in [9.17, 15) is 21.6 Å². The molecule has 86 valence electrons. The van der Waals surface area contributed by atoms with Crippen LogP contribution in [0.5, 0.6) is 0 Å². The third-order valence-corrected chi connectivity index (χ3v) is 2.33. The Morgan fingerprint density at radius 2 is 1.64 bits per heavy atom. The van der Waals surface area contributed by atoms with Gasteiger partial charge in [-0.15, -0.1) is 0 Å². The fourth-order valence-corrected chi connectivity index (χ4v) is 0.915. The minimum absolute atomic E-state index is 0.176. The van der Waals surface area contributed by atoms with Crippen molar-refractivity contribution in [1.29, 1.82) is 0 Å². The number of hydrogen-bond donors (Lipinski definition) is 0.